The van der Waals surface area contributed by atoms with E-state index in [1.165, 1.54) is 30.5 Å². The lowest BCUT2D eigenvalue weighted by Gasteiger charge is -2.06. The van der Waals surface area contributed by atoms with Crippen molar-refractivity contribution in [2.75, 3.05) is 0 Å². The van der Waals surface area contributed by atoms with E-state index in [0.717, 1.165) is 6.42 Å². The van der Waals surface area contributed by atoms with Gasteiger partial charge >= 0.3 is 0 Å². The number of aryl methyl sites for hydroxylation is 1. The number of unbranched alkanes of at least 4 members (excludes halogenated alkanes) is 1. The number of hydrogen-bond acceptors (Lipinski definition) is 1. The quantitative estimate of drug-likeness (QED) is 0.699. The number of aromatic nitrogens is 2. The normalized spacial score (nSPS) is 12.1. The van der Waals surface area contributed by atoms with Gasteiger partial charge < -0.3 is 0 Å². The van der Waals surface area contributed by atoms with E-state index < -0.39 is 0 Å². The Morgan fingerprint density at radius 2 is 2.21 bits per heavy atom. The Bertz CT molecular complexity index is 297. The molecule has 1 aromatic rings. The number of rotatable bonds is 5. The lowest BCUT2D eigenvalue weighted by atomic mass is 10.1. The second-order valence-electron chi connectivity index (χ2n) is 3.61. The van der Waals surface area contributed by atoms with E-state index >= 15 is 0 Å². The average molecular weight is 192 g/mol. The lowest BCUT2D eigenvalue weighted by molar-refractivity contribution is 0.749. The van der Waals surface area contributed by atoms with Crippen molar-refractivity contribution < 1.29 is 0 Å². The zero-order valence-electron chi connectivity index (χ0n) is 9.45. The summed E-state index contributed by atoms with van der Waals surface area (Å²) in [5.41, 5.74) is 2.70. The van der Waals surface area contributed by atoms with E-state index in [1.807, 2.05) is 17.9 Å². The molecule has 0 fully saturated rings. The first-order valence-electron chi connectivity index (χ1n) is 5.47. The molecule has 0 atom stereocenters. The van der Waals surface area contributed by atoms with Gasteiger partial charge in [0.05, 0.1) is 5.69 Å². The van der Waals surface area contributed by atoms with Crippen molar-refractivity contribution in [3.8, 4) is 0 Å². The molecule has 2 heteroatoms. The summed E-state index contributed by atoms with van der Waals surface area (Å²) in [5, 5.41) is 4.20. The molecule has 0 spiro atoms. The van der Waals surface area contributed by atoms with Crippen LogP contribution in [-0.4, -0.2) is 9.78 Å². The monoisotopic (exact) mass is 192 g/mol. The van der Waals surface area contributed by atoms with Crippen LogP contribution in [0.1, 0.15) is 45.2 Å². The third-order valence-corrected chi connectivity index (χ3v) is 2.35. The Hall–Kier alpha value is -1.05. The average Bonchev–Trinajstić information content (AvgIpc) is 2.59. The number of hydrogen-bond donors (Lipinski definition) is 0. The first kappa shape index (κ1) is 11.0. The smallest absolute Gasteiger partial charge is 0.0635 e. The highest BCUT2D eigenvalue weighted by molar-refractivity contribution is 5.62. The van der Waals surface area contributed by atoms with Gasteiger partial charge in [-0.2, -0.15) is 5.10 Å². The molecule has 2 nitrogen and oxygen atoms in total. The van der Waals surface area contributed by atoms with Gasteiger partial charge in [0, 0.05) is 13.2 Å². The third kappa shape index (κ3) is 2.72. The summed E-state index contributed by atoms with van der Waals surface area (Å²) in [7, 11) is 2.00. The Balaban J connectivity index is 2.82. The predicted molar refractivity (Wildman–Crippen MR) is 61.0 cm³/mol. The summed E-state index contributed by atoms with van der Waals surface area (Å²) in [6.07, 6.45) is 8.94. The molecule has 0 saturated carbocycles. The highest BCUT2D eigenvalue weighted by Crippen LogP contribution is 2.19. The lowest BCUT2D eigenvalue weighted by Crippen LogP contribution is -1.97. The maximum Gasteiger partial charge on any atom is 0.0635 e. The molecule has 0 aliphatic rings. The van der Waals surface area contributed by atoms with Crippen molar-refractivity contribution in [2.45, 2.75) is 39.5 Å². The molecule has 0 N–H and O–H groups in total. The van der Waals surface area contributed by atoms with Crippen LogP contribution in [0.25, 0.3) is 5.57 Å². The highest BCUT2D eigenvalue weighted by Gasteiger charge is 2.03. The standard InChI is InChI=1S/C12H20N2/c1-4-6-8-11(7-5-2)12-9-10-13-14(12)3/h8-10H,4-7H2,1-3H3/b11-8-. The largest absolute Gasteiger partial charge is 0.268 e. The molecule has 0 radical (unpaired) electrons. The zero-order valence-corrected chi connectivity index (χ0v) is 9.45. The van der Waals surface area contributed by atoms with Crippen molar-refractivity contribution in [2.24, 2.45) is 7.05 Å². The van der Waals surface area contributed by atoms with Crippen molar-refractivity contribution in [1.29, 1.82) is 0 Å². The van der Waals surface area contributed by atoms with E-state index in [0.29, 0.717) is 0 Å². The van der Waals surface area contributed by atoms with Crippen LogP contribution in [0.5, 0.6) is 0 Å². The van der Waals surface area contributed by atoms with Gasteiger partial charge in [-0.1, -0.05) is 32.8 Å². The van der Waals surface area contributed by atoms with Gasteiger partial charge in [-0.25, -0.2) is 0 Å². The van der Waals surface area contributed by atoms with Crippen LogP contribution in [0.3, 0.4) is 0 Å². The fourth-order valence-corrected chi connectivity index (χ4v) is 1.61. The second-order valence-corrected chi connectivity index (χ2v) is 3.61. The van der Waals surface area contributed by atoms with Crippen LogP contribution in [0, 0.1) is 0 Å². The van der Waals surface area contributed by atoms with E-state index in [4.69, 9.17) is 0 Å². The minimum Gasteiger partial charge on any atom is -0.268 e. The van der Waals surface area contributed by atoms with Crippen LogP contribution in [-0.2, 0) is 7.05 Å². The molecule has 0 unspecified atom stereocenters. The maximum absolute atomic E-state index is 4.20. The maximum atomic E-state index is 4.20. The number of nitrogens with zero attached hydrogens (tertiary/aromatic N) is 2. The Morgan fingerprint density at radius 3 is 2.71 bits per heavy atom. The molecule has 0 bridgehead atoms. The van der Waals surface area contributed by atoms with Crippen molar-refractivity contribution in [3.63, 3.8) is 0 Å². The molecular formula is C12H20N2. The minimum atomic E-state index is 1.15. The van der Waals surface area contributed by atoms with Crippen LogP contribution in [0.2, 0.25) is 0 Å². The van der Waals surface area contributed by atoms with Gasteiger partial charge in [0.25, 0.3) is 0 Å². The van der Waals surface area contributed by atoms with E-state index in [1.54, 1.807) is 0 Å². The van der Waals surface area contributed by atoms with Gasteiger partial charge in [0.2, 0.25) is 0 Å². The van der Waals surface area contributed by atoms with Gasteiger partial charge in [-0.3, -0.25) is 4.68 Å². The van der Waals surface area contributed by atoms with Crippen LogP contribution in [0.4, 0.5) is 0 Å². The summed E-state index contributed by atoms with van der Waals surface area (Å²) in [6.45, 7) is 4.43. The highest BCUT2D eigenvalue weighted by atomic mass is 15.3. The second kappa shape index (κ2) is 5.63. The molecule has 0 aliphatic heterocycles. The van der Waals surface area contributed by atoms with E-state index in [9.17, 15) is 0 Å². The Kier molecular flexibility index (Phi) is 4.44. The minimum absolute atomic E-state index is 1.15. The first-order chi connectivity index (χ1) is 6.79. The van der Waals surface area contributed by atoms with Gasteiger partial charge in [0.15, 0.2) is 0 Å². The Labute approximate surface area is 86.6 Å². The van der Waals surface area contributed by atoms with Crippen LogP contribution >= 0.6 is 0 Å². The Morgan fingerprint density at radius 1 is 1.43 bits per heavy atom. The molecule has 0 aromatic carbocycles. The predicted octanol–water partition coefficient (Wildman–Crippen LogP) is 3.40. The summed E-state index contributed by atoms with van der Waals surface area (Å²) in [4.78, 5) is 0. The topological polar surface area (TPSA) is 17.8 Å². The van der Waals surface area contributed by atoms with Crippen LogP contribution < -0.4 is 0 Å². The summed E-state index contributed by atoms with van der Waals surface area (Å²) in [5.74, 6) is 0. The number of allylic oxidation sites excluding steroid dienone is 2. The molecule has 1 aromatic heterocycles. The molecule has 0 saturated heterocycles. The van der Waals surface area contributed by atoms with Gasteiger partial charge in [-0.05, 0) is 24.5 Å². The third-order valence-electron chi connectivity index (χ3n) is 2.35. The SMILES string of the molecule is CCC/C=C(/CCC)c1ccnn1C. The van der Waals surface area contributed by atoms with Crippen molar-refractivity contribution in [3.05, 3.63) is 24.0 Å². The first-order valence-corrected chi connectivity index (χ1v) is 5.47. The molecule has 1 heterocycles. The zero-order chi connectivity index (χ0) is 10.4. The molecular weight excluding hydrogens is 172 g/mol. The van der Waals surface area contributed by atoms with Crippen molar-refractivity contribution in [1.82, 2.24) is 9.78 Å². The van der Waals surface area contributed by atoms with Crippen LogP contribution in [0.15, 0.2) is 18.3 Å². The summed E-state index contributed by atoms with van der Waals surface area (Å²) < 4.78 is 1.96. The molecule has 0 aliphatic carbocycles. The fourth-order valence-electron chi connectivity index (χ4n) is 1.61. The summed E-state index contributed by atoms with van der Waals surface area (Å²) >= 11 is 0. The van der Waals surface area contributed by atoms with Gasteiger partial charge in [-0.15, -0.1) is 0 Å². The molecule has 1 rings (SSSR count). The molecule has 0 amide bonds. The van der Waals surface area contributed by atoms with Crippen molar-refractivity contribution >= 4 is 5.57 Å². The summed E-state index contributed by atoms with van der Waals surface area (Å²) in [6, 6.07) is 2.09. The van der Waals surface area contributed by atoms with Gasteiger partial charge in [0.1, 0.15) is 0 Å². The molecule has 14 heavy (non-hydrogen) atoms. The van der Waals surface area contributed by atoms with E-state index in [2.05, 4.69) is 31.1 Å². The fraction of sp³-hybridized carbons (Fsp3) is 0.583. The van der Waals surface area contributed by atoms with E-state index in [-0.39, 0.29) is 0 Å². The molecule has 78 valence electrons.